The third-order valence-electron chi connectivity index (χ3n) is 5.88. The number of methoxy groups -OCH3 is 1. The van der Waals surface area contributed by atoms with E-state index in [4.69, 9.17) is 9.47 Å². The molecular formula is C26H22N2O7S. The summed E-state index contributed by atoms with van der Waals surface area (Å²) < 4.78 is 44.1. The summed E-state index contributed by atoms with van der Waals surface area (Å²) in [5, 5.41) is 0.688. The predicted molar refractivity (Wildman–Crippen MR) is 131 cm³/mol. The molecule has 1 aromatic heterocycles. The highest BCUT2D eigenvalue weighted by molar-refractivity contribution is 7.89. The highest BCUT2D eigenvalue weighted by Crippen LogP contribution is 2.35. The van der Waals surface area contributed by atoms with Crippen LogP contribution in [0.1, 0.15) is 21.5 Å². The Labute approximate surface area is 206 Å². The third-order valence-corrected chi connectivity index (χ3v) is 7.68. The number of ether oxygens (including phenoxy) is 3. The summed E-state index contributed by atoms with van der Waals surface area (Å²) in [5.41, 5.74) is 1.41. The van der Waals surface area contributed by atoms with Crippen molar-refractivity contribution >= 4 is 26.9 Å². The second-order valence-electron chi connectivity index (χ2n) is 8.19. The molecule has 3 aromatic carbocycles. The Morgan fingerprint density at radius 3 is 2.36 bits per heavy atom. The van der Waals surface area contributed by atoms with E-state index in [0.717, 1.165) is 5.56 Å². The molecule has 0 bridgehead atoms. The Hall–Kier alpha value is -4.15. The van der Waals surface area contributed by atoms with Crippen LogP contribution in [0.4, 0.5) is 0 Å². The first-order valence-electron chi connectivity index (χ1n) is 11.0. The second kappa shape index (κ2) is 9.48. The van der Waals surface area contributed by atoms with Crippen LogP contribution in [0.2, 0.25) is 0 Å². The lowest BCUT2D eigenvalue weighted by Crippen LogP contribution is -2.32. The number of rotatable bonds is 7. The van der Waals surface area contributed by atoms with Gasteiger partial charge in [0.15, 0.2) is 11.5 Å². The average molecular weight is 507 g/mol. The number of hydrogen-bond donors (Lipinski definition) is 1. The summed E-state index contributed by atoms with van der Waals surface area (Å²) in [6, 6.07) is 19.7. The van der Waals surface area contributed by atoms with Gasteiger partial charge in [0.2, 0.25) is 16.8 Å². The Morgan fingerprint density at radius 2 is 1.67 bits per heavy atom. The summed E-state index contributed by atoms with van der Waals surface area (Å²) >= 11 is 0. The van der Waals surface area contributed by atoms with Crippen molar-refractivity contribution in [1.29, 1.82) is 0 Å². The van der Waals surface area contributed by atoms with Crippen molar-refractivity contribution in [2.45, 2.75) is 18.0 Å². The van der Waals surface area contributed by atoms with Gasteiger partial charge in [-0.3, -0.25) is 4.79 Å². The summed E-state index contributed by atoms with van der Waals surface area (Å²) in [6.07, 6.45) is 0. The molecule has 5 rings (SSSR count). The van der Waals surface area contributed by atoms with Crippen LogP contribution in [-0.2, 0) is 27.8 Å². The number of nitrogens with zero attached hydrogens (tertiary/aromatic N) is 1. The molecular weight excluding hydrogens is 484 g/mol. The number of pyridine rings is 1. The minimum Gasteiger partial charge on any atom is -0.465 e. The van der Waals surface area contributed by atoms with Gasteiger partial charge in [-0.05, 0) is 42.0 Å². The fourth-order valence-electron chi connectivity index (χ4n) is 3.99. The van der Waals surface area contributed by atoms with Crippen molar-refractivity contribution in [3.63, 3.8) is 0 Å². The largest absolute Gasteiger partial charge is 0.465 e. The molecule has 36 heavy (non-hydrogen) atoms. The molecule has 184 valence electrons. The van der Waals surface area contributed by atoms with Crippen LogP contribution in [0.15, 0.2) is 82.5 Å². The van der Waals surface area contributed by atoms with Crippen LogP contribution in [0.3, 0.4) is 0 Å². The highest BCUT2D eigenvalue weighted by Gasteiger charge is 2.27. The number of esters is 1. The lowest BCUT2D eigenvalue weighted by Gasteiger charge is -2.22. The minimum atomic E-state index is -4.04. The smallest absolute Gasteiger partial charge is 0.337 e. The van der Waals surface area contributed by atoms with Crippen LogP contribution >= 0.6 is 0 Å². The molecule has 0 radical (unpaired) electrons. The van der Waals surface area contributed by atoms with E-state index in [1.54, 1.807) is 18.2 Å². The van der Waals surface area contributed by atoms with Gasteiger partial charge >= 0.3 is 5.97 Å². The van der Waals surface area contributed by atoms with Crippen molar-refractivity contribution in [3.8, 4) is 11.5 Å². The maximum absolute atomic E-state index is 13.7. The first-order chi connectivity index (χ1) is 17.3. The molecule has 1 aliphatic rings. The van der Waals surface area contributed by atoms with Crippen molar-refractivity contribution < 1.29 is 27.4 Å². The van der Waals surface area contributed by atoms with Crippen LogP contribution in [0.5, 0.6) is 11.5 Å². The molecule has 10 heteroatoms. The number of carbonyl (C=O) groups excluding carboxylic acids is 1. The molecule has 0 atom stereocenters. The minimum absolute atomic E-state index is 0.00771. The molecule has 0 saturated heterocycles. The van der Waals surface area contributed by atoms with E-state index in [9.17, 15) is 18.0 Å². The zero-order valence-electron chi connectivity index (χ0n) is 19.3. The predicted octanol–water partition coefficient (Wildman–Crippen LogP) is 3.43. The number of sulfonamides is 1. The summed E-state index contributed by atoms with van der Waals surface area (Å²) in [5.74, 6) is 0.526. The molecule has 1 aliphatic heterocycles. The number of hydrogen-bond acceptors (Lipinski definition) is 7. The molecule has 4 aromatic rings. The fraction of sp³-hybridized carbons (Fsp3) is 0.154. The zero-order chi connectivity index (χ0) is 25.3. The molecule has 0 amide bonds. The van der Waals surface area contributed by atoms with E-state index < -0.39 is 21.6 Å². The number of fused-ring (bicyclic) bond motifs is 2. The maximum atomic E-state index is 13.7. The Balaban J connectivity index is 1.53. The Morgan fingerprint density at radius 1 is 0.972 bits per heavy atom. The first kappa shape index (κ1) is 23.6. The first-order valence-corrected chi connectivity index (χ1v) is 12.5. The van der Waals surface area contributed by atoms with Gasteiger partial charge in [-0.1, -0.05) is 30.3 Å². The SMILES string of the molecule is COC(=O)c1ccc(S(=O)(=O)N(Cc2ccccc2)Cc2cc3cc4c(cc3[nH]c2=O)OCO4)cc1. The molecule has 1 N–H and O–H groups in total. The number of carbonyl (C=O) groups is 1. The monoisotopic (exact) mass is 506 g/mol. The Kier molecular flexibility index (Phi) is 6.21. The number of aromatic nitrogens is 1. The molecule has 0 saturated carbocycles. The van der Waals surface area contributed by atoms with E-state index in [1.165, 1.54) is 35.7 Å². The topological polar surface area (TPSA) is 115 Å². The van der Waals surface area contributed by atoms with E-state index in [-0.39, 0.29) is 35.9 Å². The molecule has 0 unspecified atom stereocenters. The zero-order valence-corrected chi connectivity index (χ0v) is 20.1. The number of H-pyrrole nitrogens is 1. The van der Waals surface area contributed by atoms with Crippen LogP contribution in [0.25, 0.3) is 10.9 Å². The molecule has 2 heterocycles. The molecule has 0 aliphatic carbocycles. The number of aromatic amines is 1. The van der Waals surface area contributed by atoms with E-state index >= 15 is 0 Å². The lowest BCUT2D eigenvalue weighted by atomic mass is 10.1. The van der Waals surface area contributed by atoms with Crippen molar-refractivity contribution in [2.75, 3.05) is 13.9 Å². The fourth-order valence-corrected chi connectivity index (χ4v) is 5.40. The molecule has 9 nitrogen and oxygen atoms in total. The van der Waals surface area contributed by atoms with Crippen molar-refractivity contribution in [3.05, 3.63) is 99.8 Å². The quantitative estimate of drug-likeness (QED) is 0.382. The van der Waals surface area contributed by atoms with Gasteiger partial charge in [0.1, 0.15) is 0 Å². The van der Waals surface area contributed by atoms with Crippen LogP contribution < -0.4 is 15.0 Å². The van der Waals surface area contributed by atoms with Gasteiger partial charge in [-0.15, -0.1) is 0 Å². The van der Waals surface area contributed by atoms with Gasteiger partial charge in [-0.2, -0.15) is 4.31 Å². The number of nitrogens with one attached hydrogen (secondary N) is 1. The second-order valence-corrected chi connectivity index (χ2v) is 10.1. The van der Waals surface area contributed by atoms with E-state index in [0.29, 0.717) is 22.4 Å². The van der Waals surface area contributed by atoms with Gasteiger partial charge in [0.25, 0.3) is 5.56 Å². The summed E-state index contributed by atoms with van der Waals surface area (Å²) in [6.45, 7) is -0.0309. The third kappa shape index (κ3) is 4.56. The van der Waals surface area contributed by atoms with Crippen LogP contribution in [0, 0.1) is 0 Å². The van der Waals surface area contributed by atoms with Gasteiger partial charge in [0, 0.05) is 30.1 Å². The number of benzene rings is 3. The lowest BCUT2D eigenvalue weighted by molar-refractivity contribution is 0.0600. The standard InChI is InChI=1S/C26H22N2O7S/c1-33-26(30)18-7-9-21(10-8-18)36(31,32)28(14-17-5-3-2-4-6-17)15-20-11-19-12-23-24(35-16-34-23)13-22(19)27-25(20)29/h2-13H,14-16H2,1H3,(H,27,29). The van der Waals surface area contributed by atoms with E-state index in [1.807, 2.05) is 30.3 Å². The molecule has 0 spiro atoms. The normalized spacial score (nSPS) is 12.7. The van der Waals surface area contributed by atoms with Gasteiger partial charge in [0.05, 0.1) is 23.1 Å². The molecule has 0 fully saturated rings. The van der Waals surface area contributed by atoms with Crippen molar-refractivity contribution in [1.82, 2.24) is 9.29 Å². The average Bonchev–Trinajstić information content (AvgIpc) is 3.35. The van der Waals surface area contributed by atoms with Crippen LogP contribution in [-0.4, -0.2) is 37.6 Å². The summed E-state index contributed by atoms with van der Waals surface area (Å²) in [7, 11) is -2.79. The summed E-state index contributed by atoms with van der Waals surface area (Å²) in [4.78, 5) is 27.5. The highest BCUT2D eigenvalue weighted by atomic mass is 32.2. The van der Waals surface area contributed by atoms with E-state index in [2.05, 4.69) is 9.72 Å². The van der Waals surface area contributed by atoms with Gasteiger partial charge < -0.3 is 19.2 Å². The Bertz CT molecular complexity index is 1600. The maximum Gasteiger partial charge on any atom is 0.337 e. The van der Waals surface area contributed by atoms with Crippen molar-refractivity contribution in [2.24, 2.45) is 0 Å². The van der Waals surface area contributed by atoms with Gasteiger partial charge in [-0.25, -0.2) is 13.2 Å².